The second-order valence-electron chi connectivity index (χ2n) is 4.17. The minimum atomic E-state index is -1.10. The molecule has 0 spiro atoms. The molecule has 0 aliphatic carbocycles. The molecule has 2 amide bonds. The van der Waals surface area contributed by atoms with Gasteiger partial charge >= 0.3 is 0 Å². The Hall–Kier alpha value is -3.10. The molecule has 2 aromatic rings. The molecule has 7 nitrogen and oxygen atoms in total. The van der Waals surface area contributed by atoms with Crippen molar-refractivity contribution in [2.45, 2.75) is 0 Å². The fourth-order valence-corrected chi connectivity index (χ4v) is 1.50. The smallest absolute Gasteiger partial charge is 0.272 e. The number of aromatic amines is 1. The average Bonchev–Trinajstić information content (AvgIpc) is 2.49. The van der Waals surface area contributed by atoms with E-state index in [0.29, 0.717) is 0 Å². The molecule has 0 radical (unpaired) electrons. The van der Waals surface area contributed by atoms with Gasteiger partial charge in [0.2, 0.25) is 5.91 Å². The van der Waals surface area contributed by atoms with Gasteiger partial charge in [-0.2, -0.15) is 5.10 Å². The van der Waals surface area contributed by atoms with E-state index in [0.717, 1.165) is 18.2 Å². The zero-order valence-electron chi connectivity index (χ0n) is 11.0. The van der Waals surface area contributed by atoms with Gasteiger partial charge in [0.25, 0.3) is 11.5 Å². The van der Waals surface area contributed by atoms with Gasteiger partial charge in [-0.15, -0.1) is 0 Å². The van der Waals surface area contributed by atoms with E-state index in [1.165, 1.54) is 12.1 Å². The third-order valence-corrected chi connectivity index (χ3v) is 2.52. The number of anilines is 1. The fourth-order valence-electron chi connectivity index (χ4n) is 1.50. The number of aromatic nitrogens is 2. The van der Waals surface area contributed by atoms with Crippen molar-refractivity contribution in [3.63, 3.8) is 0 Å². The normalized spacial score (nSPS) is 10.1. The number of nitrogens with zero attached hydrogens (tertiary/aromatic N) is 1. The highest BCUT2D eigenvalue weighted by molar-refractivity contribution is 5.98. The molecular formula is C13H10F2N4O3. The maximum Gasteiger partial charge on any atom is 0.272 e. The number of carbonyl (C=O) groups is 2. The summed E-state index contributed by atoms with van der Waals surface area (Å²) in [4.78, 5) is 34.0. The first kappa shape index (κ1) is 15.3. The summed E-state index contributed by atoms with van der Waals surface area (Å²) in [5.74, 6) is -3.44. The van der Waals surface area contributed by atoms with Gasteiger partial charge in [-0.3, -0.25) is 14.4 Å². The van der Waals surface area contributed by atoms with Crippen molar-refractivity contribution in [1.82, 2.24) is 15.5 Å². The second kappa shape index (κ2) is 6.57. The third-order valence-electron chi connectivity index (χ3n) is 2.52. The van der Waals surface area contributed by atoms with Gasteiger partial charge in [0.15, 0.2) is 11.6 Å². The van der Waals surface area contributed by atoms with Crippen LogP contribution in [0.4, 0.5) is 14.5 Å². The van der Waals surface area contributed by atoms with E-state index in [9.17, 15) is 23.2 Å². The van der Waals surface area contributed by atoms with Crippen molar-refractivity contribution in [1.29, 1.82) is 0 Å². The van der Waals surface area contributed by atoms with Gasteiger partial charge in [-0.05, 0) is 18.2 Å². The summed E-state index contributed by atoms with van der Waals surface area (Å²) < 4.78 is 25.7. The number of amides is 2. The van der Waals surface area contributed by atoms with E-state index in [-0.39, 0.29) is 11.4 Å². The quantitative estimate of drug-likeness (QED) is 0.761. The Labute approximate surface area is 122 Å². The number of nitrogens with one attached hydrogen (secondary N) is 3. The van der Waals surface area contributed by atoms with E-state index < -0.39 is 35.6 Å². The molecule has 1 aromatic heterocycles. The summed E-state index contributed by atoms with van der Waals surface area (Å²) >= 11 is 0. The number of carbonyl (C=O) groups excluding carboxylic acids is 2. The van der Waals surface area contributed by atoms with Gasteiger partial charge in [0.1, 0.15) is 5.69 Å². The van der Waals surface area contributed by atoms with Crippen molar-refractivity contribution >= 4 is 17.5 Å². The molecule has 0 saturated heterocycles. The highest BCUT2D eigenvalue weighted by Gasteiger charge is 2.10. The van der Waals surface area contributed by atoms with Crippen LogP contribution in [0.25, 0.3) is 0 Å². The summed E-state index contributed by atoms with van der Waals surface area (Å²) in [5, 5.41) is 10.1. The Kier molecular flexibility index (Phi) is 4.57. The molecular weight excluding hydrogens is 298 g/mol. The molecule has 114 valence electrons. The molecule has 0 aliphatic heterocycles. The molecule has 1 aromatic carbocycles. The lowest BCUT2D eigenvalue weighted by Crippen LogP contribution is -2.33. The van der Waals surface area contributed by atoms with Crippen LogP contribution in [0.3, 0.4) is 0 Å². The Morgan fingerprint density at radius 2 is 1.91 bits per heavy atom. The van der Waals surface area contributed by atoms with Crippen LogP contribution in [0.1, 0.15) is 10.5 Å². The highest BCUT2D eigenvalue weighted by atomic mass is 19.2. The summed E-state index contributed by atoms with van der Waals surface area (Å²) in [6.07, 6.45) is 0. The Morgan fingerprint density at radius 1 is 1.14 bits per heavy atom. The lowest BCUT2D eigenvalue weighted by Gasteiger charge is -2.06. The molecule has 0 fully saturated rings. The fraction of sp³-hybridized carbons (Fsp3) is 0.0769. The van der Waals surface area contributed by atoms with E-state index in [1.807, 2.05) is 0 Å². The number of benzene rings is 1. The van der Waals surface area contributed by atoms with Crippen molar-refractivity contribution in [2.75, 3.05) is 11.9 Å². The monoisotopic (exact) mass is 308 g/mol. The molecule has 1 heterocycles. The first-order valence-electron chi connectivity index (χ1n) is 6.04. The molecule has 0 aliphatic rings. The van der Waals surface area contributed by atoms with Crippen LogP contribution in [0.2, 0.25) is 0 Å². The van der Waals surface area contributed by atoms with Crippen LogP contribution in [-0.2, 0) is 4.79 Å². The van der Waals surface area contributed by atoms with Crippen molar-refractivity contribution in [3.05, 3.63) is 58.0 Å². The van der Waals surface area contributed by atoms with E-state index in [4.69, 9.17) is 0 Å². The molecule has 0 bridgehead atoms. The van der Waals surface area contributed by atoms with Gasteiger partial charge in [-0.25, -0.2) is 13.9 Å². The van der Waals surface area contributed by atoms with Crippen molar-refractivity contribution < 1.29 is 18.4 Å². The number of rotatable bonds is 4. The Balaban J connectivity index is 1.89. The van der Waals surface area contributed by atoms with Crippen LogP contribution in [0, 0.1) is 11.6 Å². The Bertz CT molecular complexity index is 756. The van der Waals surface area contributed by atoms with E-state index >= 15 is 0 Å². The SMILES string of the molecule is O=C(CNC(=O)c1ccc(=O)[nH]n1)Nc1ccc(F)c(F)c1. The van der Waals surface area contributed by atoms with E-state index in [2.05, 4.69) is 20.8 Å². The predicted octanol–water partition coefficient (Wildman–Crippen LogP) is 0.417. The lowest BCUT2D eigenvalue weighted by molar-refractivity contribution is -0.115. The summed E-state index contributed by atoms with van der Waals surface area (Å²) in [7, 11) is 0. The van der Waals surface area contributed by atoms with Crippen LogP contribution >= 0.6 is 0 Å². The maximum atomic E-state index is 13.0. The summed E-state index contributed by atoms with van der Waals surface area (Å²) in [6.45, 7) is -0.404. The molecule has 0 unspecified atom stereocenters. The van der Waals surface area contributed by atoms with Crippen molar-refractivity contribution in [3.8, 4) is 0 Å². The third kappa shape index (κ3) is 3.95. The average molecular weight is 308 g/mol. The van der Waals surface area contributed by atoms with Crippen LogP contribution < -0.4 is 16.2 Å². The van der Waals surface area contributed by atoms with Gasteiger partial charge in [0, 0.05) is 17.8 Å². The lowest BCUT2D eigenvalue weighted by atomic mass is 10.3. The maximum absolute atomic E-state index is 13.0. The molecule has 0 saturated carbocycles. The number of H-pyrrole nitrogens is 1. The van der Waals surface area contributed by atoms with Gasteiger partial charge < -0.3 is 10.6 Å². The Morgan fingerprint density at radius 3 is 2.55 bits per heavy atom. The van der Waals surface area contributed by atoms with E-state index in [1.54, 1.807) is 0 Å². The first-order valence-corrected chi connectivity index (χ1v) is 6.04. The number of hydrogen-bond acceptors (Lipinski definition) is 4. The van der Waals surface area contributed by atoms with Gasteiger partial charge in [0.05, 0.1) is 6.54 Å². The largest absolute Gasteiger partial charge is 0.342 e. The zero-order valence-corrected chi connectivity index (χ0v) is 11.0. The molecule has 0 atom stereocenters. The zero-order chi connectivity index (χ0) is 16.1. The highest BCUT2D eigenvalue weighted by Crippen LogP contribution is 2.12. The predicted molar refractivity (Wildman–Crippen MR) is 72.2 cm³/mol. The molecule has 9 heteroatoms. The summed E-state index contributed by atoms with van der Waals surface area (Å²) in [6, 6.07) is 5.18. The summed E-state index contributed by atoms with van der Waals surface area (Å²) in [5.41, 5.74) is -0.479. The first-order chi connectivity index (χ1) is 10.5. The topological polar surface area (TPSA) is 104 Å². The minimum absolute atomic E-state index is 0.0558. The standard InChI is InChI=1S/C13H10F2N4O3/c14-8-2-1-7(5-9(8)15)17-12(21)6-16-13(22)10-3-4-11(20)19-18-10/h1-5H,6H2,(H,16,22)(H,17,21)(H,19,20). The van der Waals surface area contributed by atoms with Crippen LogP contribution in [-0.4, -0.2) is 28.6 Å². The van der Waals surface area contributed by atoms with Crippen LogP contribution in [0.15, 0.2) is 35.1 Å². The second-order valence-corrected chi connectivity index (χ2v) is 4.17. The van der Waals surface area contributed by atoms with Gasteiger partial charge in [-0.1, -0.05) is 0 Å². The van der Waals surface area contributed by atoms with Crippen molar-refractivity contribution in [2.24, 2.45) is 0 Å². The molecule has 2 rings (SSSR count). The number of halogens is 2. The minimum Gasteiger partial charge on any atom is -0.342 e. The molecule has 22 heavy (non-hydrogen) atoms. The molecule has 3 N–H and O–H groups in total. The number of hydrogen-bond donors (Lipinski definition) is 3. The van der Waals surface area contributed by atoms with Crippen LogP contribution in [0.5, 0.6) is 0 Å².